The quantitative estimate of drug-likeness (QED) is 0.604. The molecule has 1 aromatic rings. The monoisotopic (exact) mass is 212 g/mol. The molecule has 3 nitrogen and oxygen atoms in total. The first-order valence-electron chi connectivity index (χ1n) is 3.98. The summed E-state index contributed by atoms with van der Waals surface area (Å²) in [5.41, 5.74) is 1.57. The first-order valence-corrected chi connectivity index (χ1v) is 4.35. The van der Waals surface area contributed by atoms with E-state index in [4.69, 9.17) is 16.7 Å². The third-order valence-corrected chi connectivity index (χ3v) is 2.34. The maximum Gasteiger partial charge on any atom is 0.377 e. The molecule has 0 heterocycles. The molecule has 1 aromatic carbocycles. The number of aryl methyl sites for hydroxylation is 2. The second kappa shape index (κ2) is 3.80. The molecular weight excluding hydrogens is 204 g/mol. The minimum absolute atomic E-state index is 0.0525. The summed E-state index contributed by atoms with van der Waals surface area (Å²) < 4.78 is 0. The summed E-state index contributed by atoms with van der Waals surface area (Å²) in [6.07, 6.45) is 0. The molecule has 0 amide bonds. The van der Waals surface area contributed by atoms with Crippen molar-refractivity contribution in [2.24, 2.45) is 0 Å². The van der Waals surface area contributed by atoms with Crippen molar-refractivity contribution in [3.63, 3.8) is 0 Å². The summed E-state index contributed by atoms with van der Waals surface area (Å²) in [4.78, 5) is 21.7. The van der Waals surface area contributed by atoms with Crippen molar-refractivity contribution < 1.29 is 14.7 Å². The first kappa shape index (κ1) is 10.7. The lowest BCUT2D eigenvalue weighted by Crippen LogP contribution is -2.13. The van der Waals surface area contributed by atoms with Crippen molar-refractivity contribution >= 4 is 23.4 Å². The van der Waals surface area contributed by atoms with Gasteiger partial charge < -0.3 is 5.11 Å². The minimum Gasteiger partial charge on any atom is -0.475 e. The number of carboxylic acids is 1. The van der Waals surface area contributed by atoms with Crippen LogP contribution < -0.4 is 0 Å². The van der Waals surface area contributed by atoms with Gasteiger partial charge in [-0.2, -0.15) is 0 Å². The highest BCUT2D eigenvalue weighted by Crippen LogP contribution is 2.22. The summed E-state index contributed by atoms with van der Waals surface area (Å²) >= 11 is 5.82. The zero-order chi connectivity index (χ0) is 10.9. The Morgan fingerprint density at radius 2 is 1.86 bits per heavy atom. The van der Waals surface area contributed by atoms with E-state index in [0.29, 0.717) is 5.56 Å². The Kier molecular flexibility index (Phi) is 2.91. The van der Waals surface area contributed by atoms with Crippen LogP contribution in [0.3, 0.4) is 0 Å². The van der Waals surface area contributed by atoms with Crippen molar-refractivity contribution in [1.29, 1.82) is 0 Å². The number of halogens is 1. The van der Waals surface area contributed by atoms with Gasteiger partial charge >= 0.3 is 5.97 Å². The third kappa shape index (κ3) is 1.93. The Morgan fingerprint density at radius 1 is 1.29 bits per heavy atom. The van der Waals surface area contributed by atoms with Crippen LogP contribution >= 0.6 is 11.6 Å². The summed E-state index contributed by atoms with van der Waals surface area (Å²) in [7, 11) is 0. The zero-order valence-corrected chi connectivity index (χ0v) is 8.55. The molecule has 14 heavy (non-hydrogen) atoms. The number of benzene rings is 1. The molecule has 0 aliphatic rings. The van der Waals surface area contributed by atoms with Crippen LogP contribution in [0.2, 0.25) is 5.02 Å². The number of carbonyl (C=O) groups is 2. The standard InChI is InChI=1S/C10H9ClO3/c1-5-3-6(2)8(11)7(4-5)9(12)10(13)14/h3-4H,1-2H3,(H,13,14). The summed E-state index contributed by atoms with van der Waals surface area (Å²) in [5, 5.41) is 8.74. The molecule has 74 valence electrons. The summed E-state index contributed by atoms with van der Waals surface area (Å²) in [6, 6.07) is 3.27. The SMILES string of the molecule is Cc1cc(C)c(Cl)c(C(=O)C(=O)O)c1. The Hall–Kier alpha value is -1.35. The van der Waals surface area contributed by atoms with Crippen LogP contribution in [0.25, 0.3) is 0 Å². The second-order valence-electron chi connectivity index (χ2n) is 3.08. The molecule has 0 saturated heterocycles. The van der Waals surface area contributed by atoms with Gasteiger partial charge in [0, 0.05) is 5.56 Å². The van der Waals surface area contributed by atoms with E-state index in [1.807, 2.05) is 0 Å². The van der Waals surface area contributed by atoms with Crippen molar-refractivity contribution in [3.05, 3.63) is 33.8 Å². The minimum atomic E-state index is -1.49. The molecule has 0 saturated carbocycles. The van der Waals surface area contributed by atoms with Crippen molar-refractivity contribution in [2.45, 2.75) is 13.8 Å². The summed E-state index contributed by atoms with van der Waals surface area (Å²) in [6.45, 7) is 3.51. The lowest BCUT2D eigenvalue weighted by Gasteiger charge is -2.05. The molecule has 0 bridgehead atoms. The zero-order valence-electron chi connectivity index (χ0n) is 7.80. The molecule has 0 unspecified atom stereocenters. The predicted molar refractivity (Wildman–Crippen MR) is 52.9 cm³/mol. The highest BCUT2D eigenvalue weighted by Gasteiger charge is 2.19. The van der Waals surface area contributed by atoms with Gasteiger partial charge in [-0.25, -0.2) is 4.79 Å². The second-order valence-corrected chi connectivity index (χ2v) is 3.46. The Labute approximate surface area is 86.3 Å². The van der Waals surface area contributed by atoms with Gasteiger partial charge in [-0.3, -0.25) is 4.79 Å². The van der Waals surface area contributed by atoms with Gasteiger partial charge in [0.25, 0.3) is 5.78 Å². The molecule has 0 fully saturated rings. The largest absolute Gasteiger partial charge is 0.475 e. The number of hydrogen-bond acceptors (Lipinski definition) is 2. The van der Waals surface area contributed by atoms with Crippen molar-refractivity contribution in [3.8, 4) is 0 Å². The molecule has 0 aliphatic carbocycles. The number of ketones is 1. The highest BCUT2D eigenvalue weighted by atomic mass is 35.5. The lowest BCUT2D eigenvalue weighted by atomic mass is 10.0. The number of hydrogen-bond donors (Lipinski definition) is 1. The number of rotatable bonds is 2. The Balaban J connectivity index is 3.34. The number of carboxylic acid groups (broad SMARTS) is 1. The number of carbonyl (C=O) groups excluding carboxylic acids is 1. The average molecular weight is 213 g/mol. The molecule has 0 spiro atoms. The van der Waals surface area contributed by atoms with Gasteiger partial charge in [0.15, 0.2) is 0 Å². The van der Waals surface area contributed by atoms with E-state index in [2.05, 4.69) is 0 Å². The van der Waals surface area contributed by atoms with Crippen LogP contribution in [0.15, 0.2) is 12.1 Å². The van der Waals surface area contributed by atoms with Gasteiger partial charge in [0.05, 0.1) is 5.02 Å². The molecule has 0 aliphatic heterocycles. The first-order chi connectivity index (χ1) is 6.43. The smallest absolute Gasteiger partial charge is 0.377 e. The van der Waals surface area contributed by atoms with E-state index in [0.717, 1.165) is 5.56 Å². The van der Waals surface area contributed by atoms with E-state index in [9.17, 15) is 9.59 Å². The van der Waals surface area contributed by atoms with Gasteiger partial charge in [-0.1, -0.05) is 23.2 Å². The predicted octanol–water partition coefficient (Wildman–Crippen LogP) is 2.22. The van der Waals surface area contributed by atoms with E-state index in [-0.39, 0.29) is 10.6 Å². The summed E-state index contributed by atoms with van der Waals surface area (Å²) in [5.74, 6) is -2.46. The number of aliphatic carboxylic acids is 1. The average Bonchev–Trinajstić information content (AvgIpc) is 2.09. The molecular formula is C10H9ClO3. The van der Waals surface area contributed by atoms with Gasteiger partial charge in [-0.15, -0.1) is 0 Å². The lowest BCUT2D eigenvalue weighted by molar-refractivity contribution is -0.131. The molecule has 1 N–H and O–H groups in total. The van der Waals surface area contributed by atoms with Gasteiger partial charge in [0.2, 0.25) is 0 Å². The third-order valence-electron chi connectivity index (χ3n) is 1.84. The van der Waals surface area contributed by atoms with Crippen LogP contribution in [-0.2, 0) is 4.79 Å². The van der Waals surface area contributed by atoms with Crippen LogP contribution in [0, 0.1) is 13.8 Å². The maximum absolute atomic E-state index is 11.2. The van der Waals surface area contributed by atoms with E-state index < -0.39 is 11.8 Å². The van der Waals surface area contributed by atoms with E-state index in [1.165, 1.54) is 6.07 Å². The molecule has 1 rings (SSSR count). The van der Waals surface area contributed by atoms with E-state index in [1.54, 1.807) is 19.9 Å². The van der Waals surface area contributed by atoms with Gasteiger partial charge in [0.1, 0.15) is 0 Å². The fourth-order valence-electron chi connectivity index (χ4n) is 1.23. The van der Waals surface area contributed by atoms with E-state index >= 15 is 0 Å². The topological polar surface area (TPSA) is 54.4 Å². The van der Waals surface area contributed by atoms with Gasteiger partial charge in [-0.05, 0) is 25.5 Å². The molecule has 4 heteroatoms. The molecule has 0 aromatic heterocycles. The highest BCUT2D eigenvalue weighted by molar-refractivity contribution is 6.45. The Bertz CT molecular complexity index is 410. The molecule has 0 radical (unpaired) electrons. The van der Waals surface area contributed by atoms with Crippen molar-refractivity contribution in [2.75, 3.05) is 0 Å². The fourth-order valence-corrected chi connectivity index (χ4v) is 1.43. The van der Waals surface area contributed by atoms with Crippen LogP contribution in [0.5, 0.6) is 0 Å². The Morgan fingerprint density at radius 3 is 2.36 bits per heavy atom. The molecule has 0 atom stereocenters. The van der Waals surface area contributed by atoms with Crippen LogP contribution in [0.1, 0.15) is 21.5 Å². The normalized spacial score (nSPS) is 9.93. The van der Waals surface area contributed by atoms with Crippen molar-refractivity contribution in [1.82, 2.24) is 0 Å². The fraction of sp³-hybridized carbons (Fsp3) is 0.200. The van der Waals surface area contributed by atoms with Crippen LogP contribution in [-0.4, -0.2) is 16.9 Å². The number of Topliss-reactive ketones (excluding diaryl/α,β-unsaturated/α-hetero) is 1. The maximum atomic E-state index is 11.2. The van der Waals surface area contributed by atoms with Crippen LogP contribution in [0.4, 0.5) is 0 Å².